The van der Waals surface area contributed by atoms with E-state index in [4.69, 9.17) is 4.74 Å². The van der Waals surface area contributed by atoms with Gasteiger partial charge in [-0.1, -0.05) is 18.2 Å². The van der Waals surface area contributed by atoms with Crippen LogP contribution in [0.4, 0.5) is 26.3 Å². The molecule has 0 fully saturated rings. The number of allylic oxidation sites excluding steroid dienone is 4. The Hall–Kier alpha value is -3.93. The van der Waals surface area contributed by atoms with Crippen LogP contribution in [-0.4, -0.2) is 46.8 Å². The fourth-order valence-corrected chi connectivity index (χ4v) is 4.89. The molecule has 1 N–H and O–H groups in total. The molecule has 6 nitrogen and oxygen atoms in total. The molecule has 1 aliphatic rings. The van der Waals surface area contributed by atoms with Crippen LogP contribution >= 0.6 is 0 Å². The molecule has 1 aliphatic carbocycles. The van der Waals surface area contributed by atoms with Crippen LogP contribution in [0, 0.1) is 0 Å². The van der Waals surface area contributed by atoms with Crippen molar-refractivity contribution >= 4 is 28.2 Å². The second-order valence-corrected chi connectivity index (χ2v) is 10.8. The molecule has 0 radical (unpaired) electrons. The van der Waals surface area contributed by atoms with E-state index in [9.17, 15) is 35.9 Å². The summed E-state index contributed by atoms with van der Waals surface area (Å²) in [7, 11) is 1.54. The molecule has 0 saturated carbocycles. The Morgan fingerprint density at radius 3 is 2.40 bits per heavy atom. The number of ketones is 1. The van der Waals surface area contributed by atoms with Crippen LogP contribution in [0.25, 0.3) is 16.5 Å². The van der Waals surface area contributed by atoms with Gasteiger partial charge >= 0.3 is 6.18 Å². The van der Waals surface area contributed by atoms with Gasteiger partial charge in [0.1, 0.15) is 5.69 Å². The average Bonchev–Trinajstić information content (AvgIpc) is 3.31. The van der Waals surface area contributed by atoms with E-state index in [0.717, 1.165) is 48.3 Å². The van der Waals surface area contributed by atoms with Crippen LogP contribution in [-0.2, 0) is 29.0 Å². The minimum absolute atomic E-state index is 0.143. The Bertz CT molecular complexity index is 1580. The molecule has 12 heteroatoms. The third-order valence-corrected chi connectivity index (χ3v) is 7.17. The number of rotatable bonds is 11. The molecule has 4 rings (SSSR count). The van der Waals surface area contributed by atoms with Crippen molar-refractivity contribution in [3.05, 3.63) is 82.3 Å². The van der Waals surface area contributed by atoms with Crippen LogP contribution < -0.4 is 5.32 Å². The van der Waals surface area contributed by atoms with Crippen molar-refractivity contribution in [3.8, 4) is 0 Å². The third-order valence-electron chi connectivity index (χ3n) is 7.17. The molecule has 0 unspecified atom stereocenters. The molecule has 0 atom stereocenters. The average molecular weight is 608 g/mol. The summed E-state index contributed by atoms with van der Waals surface area (Å²) in [4.78, 5) is 28.8. The molecular weight excluding hydrogens is 576 g/mol. The Labute approximate surface area is 244 Å². The maximum atomic E-state index is 13.8. The number of ether oxygens (including phenoxy) is 1. The highest BCUT2D eigenvalue weighted by atomic mass is 19.4. The van der Waals surface area contributed by atoms with Gasteiger partial charge in [-0.15, -0.1) is 0 Å². The molecule has 0 spiro atoms. The molecule has 230 valence electrons. The summed E-state index contributed by atoms with van der Waals surface area (Å²) in [6.45, 7) is 2.74. The monoisotopic (exact) mass is 607 g/mol. The van der Waals surface area contributed by atoms with Crippen LogP contribution in [0.1, 0.15) is 66.0 Å². The van der Waals surface area contributed by atoms with Crippen LogP contribution in [0.5, 0.6) is 0 Å². The van der Waals surface area contributed by atoms with Crippen LogP contribution in [0.15, 0.2) is 54.3 Å². The molecule has 43 heavy (non-hydrogen) atoms. The van der Waals surface area contributed by atoms with Gasteiger partial charge in [0.2, 0.25) is 0 Å². The molecule has 0 bridgehead atoms. The molecule has 1 amide bonds. The van der Waals surface area contributed by atoms with Crippen molar-refractivity contribution in [3.63, 3.8) is 0 Å². The first-order chi connectivity index (χ1) is 20.2. The summed E-state index contributed by atoms with van der Waals surface area (Å²) >= 11 is 0. The van der Waals surface area contributed by atoms with Gasteiger partial charge in [0.05, 0.1) is 6.61 Å². The smallest absolute Gasteiger partial charge is 0.383 e. The molecular formula is C31H31F6N3O3. The van der Waals surface area contributed by atoms with Gasteiger partial charge in [-0.05, 0) is 67.7 Å². The quantitative estimate of drug-likeness (QED) is 0.187. The zero-order valence-corrected chi connectivity index (χ0v) is 23.8. The number of Topliss-reactive ketones (excluding diaryl/α,β-unsaturated/α-hetero) is 1. The predicted octanol–water partition coefficient (Wildman–Crippen LogP) is 7.08. The Balaban J connectivity index is 1.63. The lowest BCUT2D eigenvalue weighted by Gasteiger charge is -2.18. The highest BCUT2D eigenvalue weighted by Gasteiger charge is 2.34. The number of pyridine rings is 1. The Morgan fingerprint density at radius 1 is 1.05 bits per heavy atom. The number of carbonyl (C=O) groups is 2. The first-order valence-electron chi connectivity index (χ1n) is 13.5. The largest absolute Gasteiger partial charge is 0.412 e. The Kier molecular flexibility index (Phi) is 9.48. The van der Waals surface area contributed by atoms with E-state index in [-0.39, 0.29) is 36.9 Å². The Morgan fingerprint density at radius 2 is 1.79 bits per heavy atom. The van der Waals surface area contributed by atoms with Crippen molar-refractivity contribution in [1.29, 1.82) is 0 Å². The molecule has 3 aromatic rings. The number of nitrogens with one attached hydrogen (secondary N) is 1. The SMILES string of the molecule is COCCn1c(C2=CC=C(C(F)(F)F)CC2)cc2cc(CC(=O)c3cc(CNC(=O)C(C)(C)F)cnc3C(F)F)ccc21. The summed E-state index contributed by atoms with van der Waals surface area (Å²) in [6.07, 6.45) is -3.92. The van der Waals surface area contributed by atoms with Crippen LogP contribution in [0.3, 0.4) is 0 Å². The number of amides is 1. The van der Waals surface area contributed by atoms with Crippen molar-refractivity contribution < 1.29 is 40.7 Å². The highest BCUT2D eigenvalue weighted by Crippen LogP contribution is 2.37. The molecule has 2 heterocycles. The first kappa shape index (κ1) is 32.0. The summed E-state index contributed by atoms with van der Waals surface area (Å²) in [5.74, 6) is -1.52. The molecule has 2 aromatic heterocycles. The van der Waals surface area contributed by atoms with E-state index in [0.29, 0.717) is 18.7 Å². The zero-order chi connectivity index (χ0) is 31.5. The molecule has 1 aromatic carbocycles. The number of methoxy groups -OCH3 is 1. The number of benzene rings is 1. The number of carbonyl (C=O) groups excluding carboxylic acids is 2. The standard InChI is InChI=1S/C31H31F6N3O3/c1-30(2,34)29(42)39-17-19-13-23(27(28(32)33)38-16-19)26(41)14-18-4-9-24-21(12-18)15-25(40(24)10-11-43-3)20-5-7-22(8-6-20)31(35,36)37/h4-5,7,9,12-13,15-16,28H,6,8,10-11,14,17H2,1-3H3,(H,39,42). The predicted molar refractivity (Wildman–Crippen MR) is 149 cm³/mol. The lowest BCUT2D eigenvalue weighted by Crippen LogP contribution is -2.38. The highest BCUT2D eigenvalue weighted by molar-refractivity contribution is 5.99. The maximum absolute atomic E-state index is 13.8. The fraction of sp³-hybridized carbons (Fsp3) is 0.387. The van der Waals surface area contributed by atoms with Gasteiger partial charge < -0.3 is 14.6 Å². The number of alkyl halides is 6. The zero-order valence-electron chi connectivity index (χ0n) is 23.8. The number of halogens is 6. The fourth-order valence-electron chi connectivity index (χ4n) is 4.89. The second kappa shape index (κ2) is 12.7. The van der Waals surface area contributed by atoms with E-state index in [1.54, 1.807) is 25.3 Å². The summed E-state index contributed by atoms with van der Waals surface area (Å²) in [6, 6.07) is 8.25. The van der Waals surface area contributed by atoms with E-state index in [1.807, 2.05) is 10.6 Å². The maximum Gasteiger partial charge on any atom is 0.412 e. The first-order valence-corrected chi connectivity index (χ1v) is 13.5. The van der Waals surface area contributed by atoms with Crippen molar-refractivity contribution in [2.45, 2.75) is 64.5 Å². The number of aromatic nitrogens is 2. The summed E-state index contributed by atoms with van der Waals surface area (Å²) in [5, 5.41) is 3.08. The van der Waals surface area contributed by atoms with Crippen LogP contribution in [0.2, 0.25) is 0 Å². The minimum atomic E-state index is -4.38. The van der Waals surface area contributed by atoms with E-state index in [2.05, 4.69) is 10.3 Å². The summed E-state index contributed by atoms with van der Waals surface area (Å²) < 4.78 is 87.9. The van der Waals surface area contributed by atoms with Crippen molar-refractivity contribution in [2.75, 3.05) is 13.7 Å². The third kappa shape index (κ3) is 7.54. The van der Waals surface area contributed by atoms with E-state index >= 15 is 0 Å². The van der Waals surface area contributed by atoms with Crippen molar-refractivity contribution in [1.82, 2.24) is 14.9 Å². The van der Waals surface area contributed by atoms with Gasteiger partial charge in [-0.2, -0.15) is 13.2 Å². The number of nitrogens with zero attached hydrogens (tertiary/aromatic N) is 2. The van der Waals surface area contributed by atoms with Gasteiger partial charge in [-0.25, -0.2) is 13.2 Å². The number of fused-ring (bicyclic) bond motifs is 1. The number of hydrogen-bond acceptors (Lipinski definition) is 4. The molecule has 0 saturated heterocycles. The molecule has 0 aliphatic heterocycles. The van der Waals surface area contributed by atoms with E-state index < -0.39 is 41.2 Å². The van der Waals surface area contributed by atoms with Gasteiger partial charge in [0, 0.05) is 60.6 Å². The number of hydrogen-bond donors (Lipinski definition) is 1. The summed E-state index contributed by atoms with van der Waals surface area (Å²) in [5.41, 5.74) is -0.729. The lowest BCUT2D eigenvalue weighted by molar-refractivity contribution is -0.130. The second-order valence-electron chi connectivity index (χ2n) is 10.8. The topological polar surface area (TPSA) is 73.2 Å². The van der Waals surface area contributed by atoms with Gasteiger partial charge in [0.15, 0.2) is 11.5 Å². The van der Waals surface area contributed by atoms with Gasteiger partial charge in [0.25, 0.3) is 12.3 Å². The van der Waals surface area contributed by atoms with Gasteiger partial charge in [-0.3, -0.25) is 14.6 Å². The van der Waals surface area contributed by atoms with E-state index in [1.165, 1.54) is 12.1 Å². The lowest BCUT2D eigenvalue weighted by atomic mass is 9.95. The minimum Gasteiger partial charge on any atom is -0.383 e. The van der Waals surface area contributed by atoms with Crippen molar-refractivity contribution in [2.24, 2.45) is 0 Å². The normalized spacial score (nSPS) is 14.2.